The highest BCUT2D eigenvalue weighted by Gasteiger charge is 2.20. The van der Waals surface area contributed by atoms with Crippen LogP contribution in [0.2, 0.25) is 0 Å². The molecule has 130 valence electrons. The molecule has 0 heterocycles. The molecule has 0 aliphatic carbocycles. The van der Waals surface area contributed by atoms with Crippen molar-refractivity contribution < 1.29 is 16.8 Å². The Morgan fingerprint density at radius 3 is 2.25 bits per heavy atom. The summed E-state index contributed by atoms with van der Waals surface area (Å²) in [7, 11) is -7.36. The van der Waals surface area contributed by atoms with E-state index in [-0.39, 0.29) is 16.3 Å². The van der Waals surface area contributed by atoms with E-state index in [1.54, 1.807) is 6.92 Å². The molecule has 0 saturated carbocycles. The SMILES string of the molecule is Cc1ccc(S(C)(=O)=O)cc1S(=O)(=O)NCC(N)c1ccccc1. The lowest BCUT2D eigenvalue weighted by molar-refractivity contribution is 0.571. The Kier molecular flexibility index (Phi) is 5.44. The highest BCUT2D eigenvalue weighted by molar-refractivity contribution is 7.91. The number of nitrogens with two attached hydrogens (primary N) is 1. The number of sulfone groups is 1. The molecule has 2 aromatic carbocycles. The van der Waals surface area contributed by atoms with Crippen LogP contribution in [0.3, 0.4) is 0 Å². The van der Waals surface area contributed by atoms with Crippen LogP contribution in [0.4, 0.5) is 0 Å². The van der Waals surface area contributed by atoms with E-state index in [0.29, 0.717) is 5.56 Å². The van der Waals surface area contributed by atoms with Crippen LogP contribution in [0, 0.1) is 6.92 Å². The Morgan fingerprint density at radius 1 is 1.04 bits per heavy atom. The van der Waals surface area contributed by atoms with Gasteiger partial charge in [-0.25, -0.2) is 21.6 Å². The minimum Gasteiger partial charge on any atom is -0.323 e. The number of sulfonamides is 1. The van der Waals surface area contributed by atoms with Gasteiger partial charge in [0.2, 0.25) is 10.0 Å². The fourth-order valence-corrected chi connectivity index (χ4v) is 4.25. The Labute approximate surface area is 142 Å². The van der Waals surface area contributed by atoms with Gasteiger partial charge in [-0.05, 0) is 30.2 Å². The lowest BCUT2D eigenvalue weighted by Gasteiger charge is -2.15. The molecule has 0 aliphatic heterocycles. The standard InChI is InChI=1S/C16H20N2O4S2/c1-12-8-9-14(23(2,19)20)10-16(12)24(21,22)18-11-15(17)13-6-4-3-5-7-13/h3-10,15,18H,11,17H2,1-2H3. The zero-order chi connectivity index (χ0) is 18.0. The molecule has 0 aliphatic rings. The molecule has 2 aromatic rings. The van der Waals surface area contributed by atoms with Gasteiger partial charge in [-0.1, -0.05) is 36.4 Å². The highest BCUT2D eigenvalue weighted by Crippen LogP contribution is 2.20. The first kappa shape index (κ1) is 18.6. The zero-order valence-corrected chi connectivity index (χ0v) is 15.1. The van der Waals surface area contributed by atoms with Crippen LogP contribution < -0.4 is 10.5 Å². The van der Waals surface area contributed by atoms with E-state index < -0.39 is 25.9 Å². The monoisotopic (exact) mass is 368 g/mol. The summed E-state index contributed by atoms with van der Waals surface area (Å²) in [6, 6.07) is 12.7. The molecule has 0 fully saturated rings. The van der Waals surface area contributed by atoms with Crippen molar-refractivity contribution in [2.45, 2.75) is 22.8 Å². The summed E-state index contributed by atoms with van der Waals surface area (Å²) in [5.41, 5.74) is 7.26. The molecule has 6 nitrogen and oxygen atoms in total. The van der Waals surface area contributed by atoms with E-state index in [1.807, 2.05) is 30.3 Å². The minimum atomic E-state index is -3.87. The molecule has 0 spiro atoms. The molecule has 0 saturated heterocycles. The number of rotatable bonds is 6. The third-order valence-electron chi connectivity index (χ3n) is 3.60. The van der Waals surface area contributed by atoms with Gasteiger partial charge in [0.05, 0.1) is 9.79 Å². The molecular weight excluding hydrogens is 348 g/mol. The van der Waals surface area contributed by atoms with E-state index in [4.69, 9.17) is 5.73 Å². The summed E-state index contributed by atoms with van der Waals surface area (Å²) in [4.78, 5) is -0.105. The largest absolute Gasteiger partial charge is 0.323 e. The normalized spacial score (nSPS) is 13.6. The molecular formula is C16H20N2O4S2. The van der Waals surface area contributed by atoms with Crippen LogP contribution in [0.25, 0.3) is 0 Å². The molecule has 0 amide bonds. The number of hydrogen-bond donors (Lipinski definition) is 2. The van der Waals surface area contributed by atoms with E-state index in [2.05, 4.69) is 4.72 Å². The van der Waals surface area contributed by atoms with Gasteiger partial charge in [0.25, 0.3) is 0 Å². The van der Waals surface area contributed by atoms with Gasteiger partial charge >= 0.3 is 0 Å². The summed E-state index contributed by atoms with van der Waals surface area (Å²) >= 11 is 0. The second kappa shape index (κ2) is 7.02. The second-order valence-corrected chi connectivity index (χ2v) is 9.32. The molecule has 3 N–H and O–H groups in total. The number of hydrogen-bond acceptors (Lipinski definition) is 5. The average Bonchev–Trinajstić information content (AvgIpc) is 2.52. The van der Waals surface area contributed by atoms with Crippen molar-refractivity contribution in [1.82, 2.24) is 4.72 Å². The van der Waals surface area contributed by atoms with E-state index in [1.165, 1.54) is 18.2 Å². The molecule has 1 atom stereocenters. The topological polar surface area (TPSA) is 106 Å². The van der Waals surface area contributed by atoms with Crippen LogP contribution in [-0.4, -0.2) is 29.6 Å². The smallest absolute Gasteiger partial charge is 0.240 e. The van der Waals surface area contributed by atoms with Gasteiger partial charge in [0.1, 0.15) is 0 Å². The van der Waals surface area contributed by atoms with Gasteiger partial charge < -0.3 is 5.73 Å². The van der Waals surface area contributed by atoms with Crippen molar-refractivity contribution in [3.63, 3.8) is 0 Å². The van der Waals surface area contributed by atoms with E-state index in [9.17, 15) is 16.8 Å². The molecule has 0 radical (unpaired) electrons. The predicted molar refractivity (Wildman–Crippen MR) is 92.8 cm³/mol. The second-order valence-electron chi connectivity index (χ2n) is 5.57. The van der Waals surface area contributed by atoms with Crippen LogP contribution in [0.15, 0.2) is 58.3 Å². The maximum absolute atomic E-state index is 12.5. The van der Waals surface area contributed by atoms with Crippen molar-refractivity contribution in [1.29, 1.82) is 0 Å². The average molecular weight is 368 g/mol. The van der Waals surface area contributed by atoms with E-state index >= 15 is 0 Å². The van der Waals surface area contributed by atoms with Gasteiger partial charge in [-0.2, -0.15) is 0 Å². The van der Waals surface area contributed by atoms with Crippen molar-refractivity contribution >= 4 is 19.9 Å². The van der Waals surface area contributed by atoms with Crippen LogP contribution >= 0.6 is 0 Å². The fraction of sp³-hybridized carbons (Fsp3) is 0.250. The van der Waals surface area contributed by atoms with Crippen LogP contribution in [0.5, 0.6) is 0 Å². The summed E-state index contributed by atoms with van der Waals surface area (Å²) < 4.78 is 50.7. The molecule has 24 heavy (non-hydrogen) atoms. The number of aryl methyl sites for hydroxylation is 1. The van der Waals surface area contributed by atoms with Gasteiger partial charge in [0.15, 0.2) is 9.84 Å². The Bertz CT molecular complexity index is 924. The minimum absolute atomic E-state index is 0.00882. The predicted octanol–water partition coefficient (Wildman–Crippen LogP) is 1.38. The lowest BCUT2D eigenvalue weighted by atomic mass is 10.1. The molecule has 2 rings (SSSR count). The zero-order valence-electron chi connectivity index (χ0n) is 13.4. The van der Waals surface area contributed by atoms with Crippen molar-refractivity contribution in [3.8, 4) is 0 Å². The molecule has 8 heteroatoms. The van der Waals surface area contributed by atoms with Crippen molar-refractivity contribution in [2.75, 3.05) is 12.8 Å². The third kappa shape index (κ3) is 4.41. The van der Waals surface area contributed by atoms with Gasteiger partial charge in [-0.15, -0.1) is 0 Å². The fourth-order valence-electron chi connectivity index (χ4n) is 2.20. The van der Waals surface area contributed by atoms with Crippen molar-refractivity contribution in [2.24, 2.45) is 5.73 Å². The molecule has 1 unspecified atom stereocenters. The first-order valence-electron chi connectivity index (χ1n) is 7.22. The number of benzene rings is 2. The Balaban J connectivity index is 2.25. The quantitative estimate of drug-likeness (QED) is 0.801. The third-order valence-corrected chi connectivity index (χ3v) is 6.27. The summed E-state index contributed by atoms with van der Waals surface area (Å²) in [6.45, 7) is 1.62. The van der Waals surface area contributed by atoms with Gasteiger partial charge in [0, 0.05) is 18.8 Å². The highest BCUT2D eigenvalue weighted by atomic mass is 32.2. The molecule has 0 aromatic heterocycles. The first-order chi connectivity index (χ1) is 11.1. The Hall–Kier alpha value is -1.74. The Morgan fingerprint density at radius 2 is 1.67 bits per heavy atom. The first-order valence-corrected chi connectivity index (χ1v) is 10.6. The van der Waals surface area contributed by atoms with Crippen molar-refractivity contribution in [3.05, 3.63) is 59.7 Å². The molecule has 0 bridgehead atoms. The maximum Gasteiger partial charge on any atom is 0.240 e. The summed E-state index contributed by atoms with van der Waals surface area (Å²) in [5.74, 6) is 0. The lowest BCUT2D eigenvalue weighted by Crippen LogP contribution is -2.32. The summed E-state index contributed by atoms with van der Waals surface area (Å²) in [6.07, 6.45) is 1.03. The van der Waals surface area contributed by atoms with Crippen LogP contribution in [0.1, 0.15) is 17.2 Å². The number of nitrogens with one attached hydrogen (secondary N) is 1. The van der Waals surface area contributed by atoms with Gasteiger partial charge in [-0.3, -0.25) is 0 Å². The van der Waals surface area contributed by atoms with Crippen LogP contribution in [-0.2, 0) is 19.9 Å². The summed E-state index contributed by atoms with van der Waals surface area (Å²) in [5, 5.41) is 0. The van der Waals surface area contributed by atoms with E-state index in [0.717, 1.165) is 11.8 Å². The maximum atomic E-state index is 12.5.